The van der Waals surface area contributed by atoms with E-state index in [1.165, 1.54) is 30.8 Å². The summed E-state index contributed by atoms with van der Waals surface area (Å²) in [5.41, 5.74) is 0.833. The number of benzene rings is 1. The minimum Gasteiger partial charge on any atom is -0.455 e. The lowest BCUT2D eigenvalue weighted by Crippen LogP contribution is -2.48. The summed E-state index contributed by atoms with van der Waals surface area (Å²) in [6, 6.07) is 9.23. The molecule has 2 amide bonds. The highest BCUT2D eigenvalue weighted by Crippen LogP contribution is 2.64. The van der Waals surface area contributed by atoms with Gasteiger partial charge in [-0.2, -0.15) is 0 Å². The number of hydrogen-bond acceptors (Lipinski definition) is 6. The van der Waals surface area contributed by atoms with Crippen molar-refractivity contribution in [1.29, 1.82) is 0 Å². The molecule has 2 unspecified atom stereocenters. The summed E-state index contributed by atoms with van der Waals surface area (Å²) in [5.74, 6) is 2.20. The van der Waals surface area contributed by atoms with Gasteiger partial charge in [0.15, 0.2) is 6.61 Å². The Bertz CT molecular complexity index is 747. The topological polar surface area (TPSA) is 72.5 Å². The van der Waals surface area contributed by atoms with E-state index in [1.54, 1.807) is 0 Å². The van der Waals surface area contributed by atoms with Gasteiger partial charge in [0.05, 0.1) is 16.4 Å². The zero-order chi connectivity index (χ0) is 20.3. The van der Waals surface area contributed by atoms with Crippen molar-refractivity contribution in [1.82, 2.24) is 5.32 Å². The normalized spacial score (nSPS) is 27.4. The zero-order valence-electron chi connectivity index (χ0n) is 16.4. The van der Waals surface area contributed by atoms with Crippen molar-refractivity contribution in [3.8, 4) is 0 Å². The standard InChI is InChI=1S/C22H27NO4S2/c24-19(11-15-5-2-1-3-6-15)23-20(25)14-27-21(26)16-12-17-7-4-8-18(13-16)22(17)28-9-10-29-22/h1-3,5-6,16-18H,4,7-14H2,(H,23,24,25). The van der Waals surface area contributed by atoms with Crippen LogP contribution in [-0.4, -0.2) is 40.0 Å². The van der Waals surface area contributed by atoms with Gasteiger partial charge < -0.3 is 4.74 Å². The number of amides is 2. The molecule has 2 saturated carbocycles. The Kier molecular flexibility index (Phi) is 6.54. The maximum atomic E-state index is 12.6. The Labute approximate surface area is 180 Å². The van der Waals surface area contributed by atoms with E-state index in [0.29, 0.717) is 15.9 Å². The van der Waals surface area contributed by atoms with Gasteiger partial charge >= 0.3 is 5.97 Å². The fraction of sp³-hybridized carbons (Fsp3) is 0.591. The van der Waals surface area contributed by atoms with E-state index in [0.717, 1.165) is 18.4 Å². The van der Waals surface area contributed by atoms with Gasteiger partial charge in [0.1, 0.15) is 0 Å². The third kappa shape index (κ3) is 4.66. The van der Waals surface area contributed by atoms with Crippen molar-refractivity contribution in [2.45, 2.75) is 42.6 Å². The van der Waals surface area contributed by atoms with Gasteiger partial charge in [-0.3, -0.25) is 19.7 Å². The van der Waals surface area contributed by atoms with Crippen LogP contribution in [0.5, 0.6) is 0 Å². The Hall–Kier alpha value is -1.47. The number of esters is 1. The van der Waals surface area contributed by atoms with Crippen molar-refractivity contribution < 1.29 is 19.1 Å². The van der Waals surface area contributed by atoms with E-state index in [-0.39, 0.29) is 30.8 Å². The molecule has 2 bridgehead atoms. The fourth-order valence-corrected chi connectivity index (χ4v) is 9.01. The first-order chi connectivity index (χ1) is 14.1. The van der Waals surface area contributed by atoms with Gasteiger partial charge in [-0.05, 0) is 43.1 Å². The average Bonchev–Trinajstić information content (AvgIpc) is 3.16. The SMILES string of the molecule is O=C(COC(=O)C1CC2CCCC(C1)C21SCCS1)NC(=O)Cc1ccccc1. The summed E-state index contributed by atoms with van der Waals surface area (Å²) in [7, 11) is 0. The Morgan fingerprint density at radius 3 is 2.31 bits per heavy atom. The molecule has 3 fully saturated rings. The van der Waals surface area contributed by atoms with Crippen LogP contribution >= 0.6 is 23.5 Å². The molecule has 5 nitrogen and oxygen atoms in total. The van der Waals surface area contributed by atoms with Crippen LogP contribution < -0.4 is 5.32 Å². The number of hydrogen-bond donors (Lipinski definition) is 1. The van der Waals surface area contributed by atoms with Crippen LogP contribution in [0.15, 0.2) is 30.3 Å². The van der Waals surface area contributed by atoms with Crippen LogP contribution in [0.2, 0.25) is 0 Å². The molecule has 0 radical (unpaired) electrons. The lowest BCUT2D eigenvalue weighted by Gasteiger charge is -2.51. The molecule has 1 aromatic carbocycles. The minimum absolute atomic E-state index is 0.120. The van der Waals surface area contributed by atoms with Crippen LogP contribution in [0.4, 0.5) is 0 Å². The van der Waals surface area contributed by atoms with Gasteiger partial charge in [0, 0.05) is 11.5 Å². The molecule has 1 spiro atoms. The summed E-state index contributed by atoms with van der Waals surface area (Å²) in [4.78, 5) is 36.6. The van der Waals surface area contributed by atoms with E-state index >= 15 is 0 Å². The number of carbonyl (C=O) groups is 3. The molecule has 29 heavy (non-hydrogen) atoms. The van der Waals surface area contributed by atoms with Crippen LogP contribution in [0.25, 0.3) is 0 Å². The highest BCUT2D eigenvalue weighted by molar-refractivity contribution is 8.21. The second-order valence-corrected chi connectivity index (χ2v) is 11.2. The Morgan fingerprint density at radius 2 is 1.66 bits per heavy atom. The lowest BCUT2D eigenvalue weighted by atomic mass is 9.67. The second kappa shape index (κ2) is 9.13. The summed E-state index contributed by atoms with van der Waals surface area (Å²) >= 11 is 4.21. The fourth-order valence-electron chi connectivity index (χ4n) is 5.07. The first-order valence-electron chi connectivity index (χ1n) is 10.4. The quantitative estimate of drug-likeness (QED) is 0.718. The summed E-state index contributed by atoms with van der Waals surface area (Å²) in [5, 5.41) is 2.30. The van der Waals surface area contributed by atoms with Gasteiger partial charge in [0.25, 0.3) is 5.91 Å². The van der Waals surface area contributed by atoms with Crippen LogP contribution in [0.1, 0.15) is 37.7 Å². The summed E-state index contributed by atoms with van der Waals surface area (Å²) in [6.07, 6.45) is 5.49. The number of thioether (sulfide) groups is 2. The first kappa shape index (κ1) is 20.8. The Morgan fingerprint density at radius 1 is 1.00 bits per heavy atom. The molecule has 1 N–H and O–H groups in total. The van der Waals surface area contributed by atoms with Crippen molar-refractivity contribution in [3.05, 3.63) is 35.9 Å². The summed E-state index contributed by atoms with van der Waals surface area (Å²) in [6.45, 7) is -0.389. The smallest absolute Gasteiger partial charge is 0.309 e. The molecule has 3 aliphatic rings. The first-order valence-corrected chi connectivity index (χ1v) is 12.3. The number of imide groups is 1. The number of nitrogens with one attached hydrogen (secondary N) is 1. The molecular weight excluding hydrogens is 406 g/mol. The highest BCUT2D eigenvalue weighted by atomic mass is 32.2. The van der Waals surface area contributed by atoms with Crippen molar-refractivity contribution >= 4 is 41.3 Å². The number of ether oxygens (including phenoxy) is 1. The maximum absolute atomic E-state index is 12.6. The molecule has 4 rings (SSSR count). The van der Waals surface area contributed by atoms with E-state index in [9.17, 15) is 14.4 Å². The predicted octanol–water partition coefficient (Wildman–Crippen LogP) is 3.42. The molecule has 1 aromatic rings. The van der Waals surface area contributed by atoms with Crippen molar-refractivity contribution in [2.24, 2.45) is 17.8 Å². The zero-order valence-corrected chi connectivity index (χ0v) is 18.1. The van der Waals surface area contributed by atoms with E-state index in [2.05, 4.69) is 28.8 Å². The number of rotatable bonds is 5. The molecular formula is C22H27NO4S2. The van der Waals surface area contributed by atoms with Gasteiger partial charge in [-0.15, -0.1) is 23.5 Å². The highest BCUT2D eigenvalue weighted by Gasteiger charge is 2.55. The van der Waals surface area contributed by atoms with Gasteiger partial charge in [-0.1, -0.05) is 36.8 Å². The molecule has 2 aliphatic carbocycles. The van der Waals surface area contributed by atoms with Crippen molar-refractivity contribution in [3.63, 3.8) is 0 Å². The van der Waals surface area contributed by atoms with E-state index < -0.39 is 5.91 Å². The largest absolute Gasteiger partial charge is 0.455 e. The Balaban J connectivity index is 1.25. The molecule has 7 heteroatoms. The van der Waals surface area contributed by atoms with Crippen LogP contribution in [0.3, 0.4) is 0 Å². The third-order valence-corrected chi connectivity index (χ3v) is 10.3. The van der Waals surface area contributed by atoms with E-state index in [1.807, 2.05) is 30.3 Å². The molecule has 1 aliphatic heterocycles. The van der Waals surface area contributed by atoms with E-state index in [4.69, 9.17) is 4.74 Å². The second-order valence-electron chi connectivity index (χ2n) is 8.15. The van der Waals surface area contributed by atoms with Crippen LogP contribution in [-0.2, 0) is 25.5 Å². The molecule has 2 atom stereocenters. The summed E-state index contributed by atoms with van der Waals surface area (Å²) < 4.78 is 5.61. The van der Waals surface area contributed by atoms with Crippen molar-refractivity contribution in [2.75, 3.05) is 18.1 Å². The third-order valence-electron chi connectivity index (χ3n) is 6.29. The molecule has 1 saturated heterocycles. The average molecular weight is 434 g/mol. The molecule has 156 valence electrons. The minimum atomic E-state index is -0.561. The monoisotopic (exact) mass is 433 g/mol. The lowest BCUT2D eigenvalue weighted by molar-refractivity contribution is -0.155. The van der Waals surface area contributed by atoms with Gasteiger partial charge in [0.2, 0.25) is 5.91 Å². The van der Waals surface area contributed by atoms with Crippen LogP contribution in [0, 0.1) is 17.8 Å². The molecule has 1 heterocycles. The predicted molar refractivity (Wildman–Crippen MR) is 115 cm³/mol. The van der Waals surface area contributed by atoms with Gasteiger partial charge in [-0.25, -0.2) is 0 Å². The molecule has 0 aromatic heterocycles. The number of carbonyl (C=O) groups excluding carboxylic acids is 3. The maximum Gasteiger partial charge on any atom is 0.309 e.